The minimum atomic E-state index is -3.16. The van der Waals surface area contributed by atoms with Crippen LogP contribution in [-0.2, 0) is 19.4 Å². The maximum absolute atomic E-state index is 11.3. The normalized spacial score (nSPS) is 13.6. The fourth-order valence-electron chi connectivity index (χ4n) is 0.808. The number of carbonyl (C=O) groups is 1. The fourth-order valence-corrected chi connectivity index (χ4v) is 2.22. The van der Waals surface area contributed by atoms with Crippen LogP contribution in [0.2, 0.25) is 0 Å². The lowest BCUT2D eigenvalue weighted by molar-refractivity contribution is -0.140. The molecule has 0 amide bonds. The van der Waals surface area contributed by atoms with Crippen LogP contribution in [0.4, 0.5) is 0 Å². The third kappa shape index (κ3) is 6.85. The van der Waals surface area contributed by atoms with Gasteiger partial charge in [-0.25, -0.2) is 8.42 Å². The van der Waals surface area contributed by atoms with Crippen molar-refractivity contribution in [2.75, 3.05) is 18.6 Å². The Labute approximate surface area is 84.5 Å². The number of rotatable bonds is 6. The maximum Gasteiger partial charge on any atom is 0.306 e. The van der Waals surface area contributed by atoms with Gasteiger partial charge in [-0.05, 0) is 13.3 Å². The third-order valence-corrected chi connectivity index (χ3v) is 3.41. The number of esters is 1. The van der Waals surface area contributed by atoms with Crippen molar-refractivity contribution in [2.24, 2.45) is 5.73 Å². The Morgan fingerprint density at radius 1 is 1.43 bits per heavy atom. The lowest BCUT2D eigenvalue weighted by Gasteiger charge is -2.05. The topological polar surface area (TPSA) is 86.5 Å². The third-order valence-electron chi connectivity index (χ3n) is 1.73. The Kier molecular flexibility index (Phi) is 5.71. The van der Waals surface area contributed by atoms with E-state index in [0.29, 0.717) is 6.42 Å². The summed E-state index contributed by atoms with van der Waals surface area (Å²) in [5, 5.41) is 0. The highest BCUT2D eigenvalue weighted by Crippen LogP contribution is 1.99. The first-order chi connectivity index (χ1) is 6.37. The van der Waals surface area contributed by atoms with Crippen LogP contribution in [0.15, 0.2) is 0 Å². The van der Waals surface area contributed by atoms with Gasteiger partial charge >= 0.3 is 5.97 Å². The molecule has 0 rings (SSSR count). The van der Waals surface area contributed by atoms with Crippen molar-refractivity contribution in [2.45, 2.75) is 25.8 Å². The molecular formula is C8H17NO4S. The second-order valence-corrected chi connectivity index (χ2v) is 5.55. The zero-order valence-corrected chi connectivity index (χ0v) is 9.34. The zero-order valence-electron chi connectivity index (χ0n) is 8.52. The van der Waals surface area contributed by atoms with Crippen LogP contribution in [-0.4, -0.2) is 39.0 Å². The predicted molar refractivity (Wildman–Crippen MR) is 53.6 cm³/mol. The summed E-state index contributed by atoms with van der Waals surface area (Å²) >= 11 is 0. The van der Waals surface area contributed by atoms with Gasteiger partial charge in [0.15, 0.2) is 9.84 Å². The largest absolute Gasteiger partial charge is 0.469 e. The molecule has 1 atom stereocenters. The van der Waals surface area contributed by atoms with Crippen molar-refractivity contribution in [1.29, 1.82) is 0 Å². The monoisotopic (exact) mass is 223 g/mol. The van der Waals surface area contributed by atoms with E-state index in [1.807, 2.05) is 0 Å². The van der Waals surface area contributed by atoms with E-state index in [-0.39, 0.29) is 24.0 Å². The van der Waals surface area contributed by atoms with E-state index in [2.05, 4.69) is 4.74 Å². The molecule has 0 aliphatic heterocycles. The molecule has 0 aromatic heterocycles. The highest BCUT2D eigenvalue weighted by molar-refractivity contribution is 7.91. The molecule has 0 aromatic carbocycles. The average Bonchev–Trinajstić information content (AvgIpc) is 2.11. The van der Waals surface area contributed by atoms with Crippen molar-refractivity contribution in [3.63, 3.8) is 0 Å². The molecule has 0 aliphatic rings. The molecule has 5 nitrogen and oxygen atoms in total. The standard InChI is InChI=1S/C8H17NO4S/c1-7(9)3-5-14(11,12)6-4-8(10)13-2/h7H,3-6,9H2,1-2H3. The van der Waals surface area contributed by atoms with Crippen molar-refractivity contribution >= 4 is 15.8 Å². The minimum Gasteiger partial charge on any atom is -0.469 e. The molecule has 0 saturated carbocycles. The number of nitrogens with two attached hydrogens (primary N) is 1. The summed E-state index contributed by atoms with van der Waals surface area (Å²) in [4.78, 5) is 10.7. The lowest BCUT2D eigenvalue weighted by Crippen LogP contribution is -2.22. The Morgan fingerprint density at radius 3 is 2.43 bits per heavy atom. The van der Waals surface area contributed by atoms with Gasteiger partial charge in [-0.2, -0.15) is 0 Å². The summed E-state index contributed by atoms with van der Waals surface area (Å²) in [5.41, 5.74) is 5.43. The molecule has 14 heavy (non-hydrogen) atoms. The Balaban J connectivity index is 3.90. The molecule has 0 aromatic rings. The maximum atomic E-state index is 11.3. The molecule has 1 unspecified atom stereocenters. The van der Waals surface area contributed by atoms with Crippen LogP contribution in [0.25, 0.3) is 0 Å². The number of hydrogen-bond donors (Lipinski definition) is 1. The van der Waals surface area contributed by atoms with Gasteiger partial charge in [-0.15, -0.1) is 0 Å². The molecule has 0 bridgehead atoms. The summed E-state index contributed by atoms with van der Waals surface area (Å²) in [7, 11) is -1.93. The highest BCUT2D eigenvalue weighted by Gasteiger charge is 2.14. The Morgan fingerprint density at radius 2 is 2.00 bits per heavy atom. The second-order valence-electron chi connectivity index (χ2n) is 3.24. The van der Waals surface area contributed by atoms with Crippen molar-refractivity contribution in [1.82, 2.24) is 0 Å². The number of sulfone groups is 1. The van der Waals surface area contributed by atoms with E-state index < -0.39 is 15.8 Å². The Bertz CT molecular complexity index is 271. The summed E-state index contributed by atoms with van der Waals surface area (Å²) < 4.78 is 26.9. The predicted octanol–water partition coefficient (Wildman–Crippen LogP) is -0.298. The molecule has 0 saturated heterocycles. The summed E-state index contributed by atoms with van der Waals surface area (Å²) in [6.07, 6.45) is 0.335. The molecule has 0 radical (unpaired) electrons. The van der Waals surface area contributed by atoms with E-state index in [0.717, 1.165) is 0 Å². The van der Waals surface area contributed by atoms with Gasteiger partial charge in [-0.3, -0.25) is 4.79 Å². The summed E-state index contributed by atoms with van der Waals surface area (Å²) in [5.74, 6) is -0.636. The van der Waals surface area contributed by atoms with Gasteiger partial charge in [0.25, 0.3) is 0 Å². The number of carbonyl (C=O) groups excluding carboxylic acids is 1. The van der Waals surface area contributed by atoms with Crippen LogP contribution in [0.5, 0.6) is 0 Å². The van der Waals surface area contributed by atoms with Gasteiger partial charge in [0.2, 0.25) is 0 Å². The Hall–Kier alpha value is -0.620. The zero-order chi connectivity index (χ0) is 11.2. The first kappa shape index (κ1) is 13.4. The van der Waals surface area contributed by atoms with Gasteiger partial charge < -0.3 is 10.5 Å². The van der Waals surface area contributed by atoms with Crippen molar-refractivity contribution < 1.29 is 17.9 Å². The summed E-state index contributed by atoms with van der Waals surface area (Å²) in [6, 6.07) is -0.136. The van der Waals surface area contributed by atoms with Crippen LogP contribution in [0, 0.1) is 0 Å². The molecule has 2 N–H and O–H groups in total. The first-order valence-corrected chi connectivity index (χ1v) is 6.22. The fraction of sp³-hybridized carbons (Fsp3) is 0.875. The average molecular weight is 223 g/mol. The molecule has 0 heterocycles. The van der Waals surface area contributed by atoms with Crippen LogP contribution < -0.4 is 5.73 Å². The molecule has 6 heteroatoms. The number of methoxy groups -OCH3 is 1. The summed E-state index contributed by atoms with van der Waals surface area (Å²) in [6.45, 7) is 1.75. The minimum absolute atomic E-state index is 0.0294. The highest BCUT2D eigenvalue weighted by atomic mass is 32.2. The lowest BCUT2D eigenvalue weighted by atomic mass is 10.3. The van der Waals surface area contributed by atoms with Crippen LogP contribution in [0.1, 0.15) is 19.8 Å². The van der Waals surface area contributed by atoms with Crippen LogP contribution >= 0.6 is 0 Å². The van der Waals surface area contributed by atoms with Gasteiger partial charge in [-0.1, -0.05) is 0 Å². The molecular weight excluding hydrogens is 206 g/mol. The van der Waals surface area contributed by atoms with E-state index in [9.17, 15) is 13.2 Å². The van der Waals surface area contributed by atoms with E-state index in [4.69, 9.17) is 5.73 Å². The van der Waals surface area contributed by atoms with Crippen molar-refractivity contribution in [3.8, 4) is 0 Å². The molecule has 0 spiro atoms. The number of ether oxygens (including phenoxy) is 1. The smallest absolute Gasteiger partial charge is 0.306 e. The first-order valence-electron chi connectivity index (χ1n) is 4.40. The van der Waals surface area contributed by atoms with Gasteiger partial charge in [0.1, 0.15) is 0 Å². The van der Waals surface area contributed by atoms with E-state index in [1.54, 1.807) is 6.92 Å². The SMILES string of the molecule is COC(=O)CCS(=O)(=O)CCC(C)N. The van der Waals surface area contributed by atoms with Gasteiger partial charge in [0.05, 0.1) is 25.0 Å². The van der Waals surface area contributed by atoms with Crippen molar-refractivity contribution in [3.05, 3.63) is 0 Å². The second kappa shape index (κ2) is 5.98. The van der Waals surface area contributed by atoms with Gasteiger partial charge in [0, 0.05) is 6.04 Å². The molecule has 84 valence electrons. The number of hydrogen-bond acceptors (Lipinski definition) is 5. The molecule has 0 fully saturated rings. The van der Waals surface area contributed by atoms with E-state index >= 15 is 0 Å². The quantitative estimate of drug-likeness (QED) is 0.625. The molecule has 0 aliphatic carbocycles. The van der Waals surface area contributed by atoms with Crippen LogP contribution in [0.3, 0.4) is 0 Å². The van der Waals surface area contributed by atoms with E-state index in [1.165, 1.54) is 7.11 Å².